The second-order valence-corrected chi connectivity index (χ2v) is 3.40. The van der Waals surface area contributed by atoms with Gasteiger partial charge in [0.15, 0.2) is 0 Å². The lowest BCUT2D eigenvalue weighted by Crippen LogP contribution is -1.95. The summed E-state index contributed by atoms with van der Waals surface area (Å²) in [5.41, 5.74) is 1.05. The summed E-state index contributed by atoms with van der Waals surface area (Å²) in [5, 5.41) is 10.5. The normalized spacial score (nSPS) is 9.75. The molecule has 0 fully saturated rings. The van der Waals surface area contributed by atoms with Gasteiger partial charge in [0.2, 0.25) is 0 Å². The number of benzene rings is 1. The van der Waals surface area contributed by atoms with E-state index >= 15 is 0 Å². The van der Waals surface area contributed by atoms with Crippen molar-refractivity contribution in [3.05, 3.63) is 39.9 Å². The molecule has 0 aromatic heterocycles. The molecule has 0 aliphatic carbocycles. The number of halogens is 1. The van der Waals surface area contributed by atoms with Crippen molar-refractivity contribution in [2.24, 2.45) is 0 Å². The van der Waals surface area contributed by atoms with Gasteiger partial charge in [-0.2, -0.15) is 0 Å². The van der Waals surface area contributed by atoms with Crippen molar-refractivity contribution in [1.29, 1.82) is 0 Å². The molecule has 0 N–H and O–H groups in total. The van der Waals surface area contributed by atoms with E-state index in [1.807, 2.05) is 6.07 Å². The van der Waals surface area contributed by atoms with E-state index in [1.165, 1.54) is 0 Å². The second-order valence-electron chi connectivity index (χ2n) is 2.32. The van der Waals surface area contributed by atoms with Gasteiger partial charge in [-0.3, -0.25) is 10.1 Å². The average Bonchev–Trinajstić information content (AvgIpc) is 2.05. The van der Waals surface area contributed by atoms with Crippen LogP contribution in [0, 0.1) is 10.1 Å². The molecule has 0 saturated carbocycles. The van der Waals surface area contributed by atoms with Crippen LogP contribution < -0.4 is 0 Å². The molecule has 0 saturated heterocycles. The van der Waals surface area contributed by atoms with Crippen LogP contribution in [-0.2, 0) is 6.42 Å². The quantitative estimate of drug-likeness (QED) is 0.369. The Hall–Kier alpha value is -0.650. The molecular weight excluding hydrogens is 269 g/mol. The van der Waals surface area contributed by atoms with E-state index < -0.39 is 0 Å². The third kappa shape index (κ3) is 2.17. The number of alkyl halides is 1. The fourth-order valence-corrected chi connectivity index (χ4v) is 1.58. The van der Waals surface area contributed by atoms with Crippen molar-refractivity contribution in [3.63, 3.8) is 0 Å². The second kappa shape index (κ2) is 4.39. The fraction of sp³-hybridized carbons (Fsp3) is 0.250. The van der Waals surface area contributed by atoms with Crippen molar-refractivity contribution in [2.75, 3.05) is 4.43 Å². The highest BCUT2D eigenvalue weighted by Crippen LogP contribution is 2.18. The molecule has 0 atom stereocenters. The van der Waals surface area contributed by atoms with Crippen LogP contribution in [0.25, 0.3) is 0 Å². The number of aryl methyl sites for hydroxylation is 1. The molecule has 0 radical (unpaired) electrons. The highest BCUT2D eigenvalue weighted by Gasteiger charge is 2.10. The zero-order chi connectivity index (χ0) is 8.97. The first-order chi connectivity index (χ1) is 5.75. The highest BCUT2D eigenvalue weighted by atomic mass is 127. The largest absolute Gasteiger partial charge is 0.272 e. The summed E-state index contributed by atoms with van der Waals surface area (Å²) < 4.78 is 0.905. The van der Waals surface area contributed by atoms with Gasteiger partial charge in [-0.15, -0.1) is 0 Å². The van der Waals surface area contributed by atoms with Crippen LogP contribution in [0.3, 0.4) is 0 Å². The number of rotatable bonds is 3. The Labute approximate surface area is 84.1 Å². The first-order valence-electron chi connectivity index (χ1n) is 3.54. The Kier molecular flexibility index (Phi) is 3.46. The van der Waals surface area contributed by atoms with Crippen molar-refractivity contribution < 1.29 is 4.92 Å². The first kappa shape index (κ1) is 9.44. The molecule has 0 amide bonds. The molecule has 0 aliphatic rings. The molecule has 0 heterocycles. The van der Waals surface area contributed by atoms with Gasteiger partial charge in [-0.1, -0.05) is 40.8 Å². The van der Waals surface area contributed by atoms with Crippen molar-refractivity contribution in [3.8, 4) is 0 Å². The van der Waals surface area contributed by atoms with Gasteiger partial charge in [0.25, 0.3) is 5.69 Å². The molecule has 0 spiro atoms. The van der Waals surface area contributed by atoms with Crippen LogP contribution in [0.2, 0.25) is 0 Å². The zero-order valence-electron chi connectivity index (χ0n) is 6.37. The molecule has 0 unspecified atom stereocenters. The van der Waals surface area contributed by atoms with Crippen LogP contribution in [0.1, 0.15) is 5.56 Å². The minimum Gasteiger partial charge on any atom is -0.258 e. The SMILES string of the molecule is O=[N+]([O-])c1ccccc1CCI. The number of hydrogen-bond donors (Lipinski definition) is 0. The third-order valence-corrected chi connectivity index (χ3v) is 2.09. The summed E-state index contributed by atoms with van der Waals surface area (Å²) in [4.78, 5) is 10.2. The fourth-order valence-electron chi connectivity index (χ4n) is 1.00. The number of nitro benzene ring substituents is 1. The monoisotopic (exact) mass is 277 g/mol. The standard InChI is InChI=1S/C8H8INO2/c9-6-5-7-3-1-2-4-8(7)10(11)12/h1-4H,5-6H2. The Morgan fingerprint density at radius 3 is 2.67 bits per heavy atom. The van der Waals surface area contributed by atoms with Gasteiger partial charge in [0.05, 0.1) is 4.92 Å². The molecule has 1 aromatic rings. The summed E-state index contributed by atoms with van der Waals surface area (Å²) in [7, 11) is 0. The predicted molar refractivity (Wildman–Crippen MR) is 55.7 cm³/mol. The van der Waals surface area contributed by atoms with Crippen LogP contribution in [0.4, 0.5) is 5.69 Å². The smallest absolute Gasteiger partial charge is 0.258 e. The Balaban J connectivity index is 3.00. The topological polar surface area (TPSA) is 43.1 Å². The molecule has 12 heavy (non-hydrogen) atoms. The average molecular weight is 277 g/mol. The minimum absolute atomic E-state index is 0.231. The summed E-state index contributed by atoms with van der Waals surface area (Å²) in [5.74, 6) is 0. The van der Waals surface area contributed by atoms with Crippen molar-refractivity contribution in [2.45, 2.75) is 6.42 Å². The molecule has 0 aliphatic heterocycles. The summed E-state index contributed by atoms with van der Waals surface area (Å²) in [6, 6.07) is 6.86. The lowest BCUT2D eigenvalue weighted by Gasteiger charge is -1.98. The summed E-state index contributed by atoms with van der Waals surface area (Å²) >= 11 is 2.21. The maximum absolute atomic E-state index is 10.5. The molecular formula is C8H8INO2. The van der Waals surface area contributed by atoms with E-state index in [4.69, 9.17) is 0 Å². The van der Waals surface area contributed by atoms with Crippen LogP contribution >= 0.6 is 22.6 Å². The number of para-hydroxylation sites is 1. The zero-order valence-corrected chi connectivity index (χ0v) is 8.52. The van der Waals surface area contributed by atoms with Gasteiger partial charge in [-0.25, -0.2) is 0 Å². The first-order valence-corrected chi connectivity index (χ1v) is 5.06. The van der Waals surface area contributed by atoms with E-state index in [0.29, 0.717) is 0 Å². The summed E-state index contributed by atoms with van der Waals surface area (Å²) in [6.07, 6.45) is 0.762. The predicted octanol–water partition coefficient (Wildman–Crippen LogP) is 2.57. The van der Waals surface area contributed by atoms with Crippen LogP contribution in [0.15, 0.2) is 24.3 Å². The summed E-state index contributed by atoms with van der Waals surface area (Å²) in [6.45, 7) is 0. The van der Waals surface area contributed by atoms with Crippen LogP contribution in [-0.4, -0.2) is 9.35 Å². The van der Waals surface area contributed by atoms with Crippen molar-refractivity contribution in [1.82, 2.24) is 0 Å². The molecule has 1 aromatic carbocycles. The third-order valence-electron chi connectivity index (χ3n) is 1.55. The van der Waals surface area contributed by atoms with Gasteiger partial charge in [0.1, 0.15) is 0 Å². The Bertz CT molecular complexity index is 288. The van der Waals surface area contributed by atoms with E-state index in [-0.39, 0.29) is 10.6 Å². The van der Waals surface area contributed by atoms with E-state index in [1.54, 1.807) is 18.2 Å². The molecule has 64 valence electrons. The van der Waals surface area contributed by atoms with Gasteiger partial charge < -0.3 is 0 Å². The Morgan fingerprint density at radius 1 is 1.42 bits per heavy atom. The van der Waals surface area contributed by atoms with Crippen LogP contribution in [0.5, 0.6) is 0 Å². The van der Waals surface area contributed by atoms with Gasteiger partial charge in [0, 0.05) is 16.1 Å². The number of nitrogens with zero attached hydrogens (tertiary/aromatic N) is 1. The Morgan fingerprint density at radius 2 is 2.08 bits per heavy atom. The molecule has 4 heteroatoms. The van der Waals surface area contributed by atoms with Crippen molar-refractivity contribution >= 4 is 28.3 Å². The molecule has 1 rings (SSSR count). The molecule has 3 nitrogen and oxygen atoms in total. The van der Waals surface area contributed by atoms with E-state index in [2.05, 4.69) is 22.6 Å². The lowest BCUT2D eigenvalue weighted by atomic mass is 10.1. The minimum atomic E-state index is -0.332. The number of nitro groups is 1. The van der Waals surface area contributed by atoms with Gasteiger partial charge >= 0.3 is 0 Å². The number of hydrogen-bond acceptors (Lipinski definition) is 2. The molecule has 0 bridgehead atoms. The van der Waals surface area contributed by atoms with E-state index in [9.17, 15) is 10.1 Å². The maximum atomic E-state index is 10.5. The van der Waals surface area contributed by atoms with E-state index in [0.717, 1.165) is 16.4 Å². The van der Waals surface area contributed by atoms with Gasteiger partial charge in [-0.05, 0) is 6.42 Å². The maximum Gasteiger partial charge on any atom is 0.272 e. The lowest BCUT2D eigenvalue weighted by molar-refractivity contribution is -0.385. The highest BCUT2D eigenvalue weighted by molar-refractivity contribution is 14.1.